The summed E-state index contributed by atoms with van der Waals surface area (Å²) in [5.74, 6) is 0.00266. The van der Waals surface area contributed by atoms with E-state index < -0.39 is 0 Å². The quantitative estimate of drug-likeness (QED) is 0.760. The van der Waals surface area contributed by atoms with Crippen LogP contribution in [-0.2, 0) is 30.8 Å². The average molecular weight is 256 g/mol. The van der Waals surface area contributed by atoms with E-state index in [0.29, 0.717) is 13.0 Å². The van der Waals surface area contributed by atoms with Gasteiger partial charge in [0.2, 0.25) is 5.91 Å². The van der Waals surface area contributed by atoms with Gasteiger partial charge >= 0.3 is 0 Å². The van der Waals surface area contributed by atoms with Crippen molar-refractivity contribution in [3.05, 3.63) is 52.8 Å². The number of carbonyl (C=O) groups is 1. The number of H-pyrrole nitrogens is 1. The predicted octanol–water partition coefficient (Wildman–Crippen LogP) is 0.872. The molecule has 0 atom stereocenters. The van der Waals surface area contributed by atoms with Gasteiger partial charge in [-0.15, -0.1) is 0 Å². The van der Waals surface area contributed by atoms with Crippen LogP contribution in [0, 0.1) is 0 Å². The van der Waals surface area contributed by atoms with E-state index in [1.807, 2.05) is 0 Å². The summed E-state index contributed by atoms with van der Waals surface area (Å²) >= 11 is 0. The summed E-state index contributed by atoms with van der Waals surface area (Å²) < 4.78 is 0. The number of aromatic nitrogens is 2. The average Bonchev–Trinajstić information content (AvgIpc) is 3.06. The largest absolute Gasteiger partial charge is 0.352 e. The van der Waals surface area contributed by atoms with E-state index in [1.165, 1.54) is 11.1 Å². The molecule has 0 spiro atoms. The van der Waals surface area contributed by atoms with Crippen LogP contribution in [0.25, 0.3) is 0 Å². The lowest BCUT2D eigenvalue weighted by Crippen LogP contribution is -2.24. The number of aromatic amines is 1. The minimum absolute atomic E-state index is 0.00266. The minimum Gasteiger partial charge on any atom is -0.352 e. The van der Waals surface area contributed by atoms with Gasteiger partial charge < -0.3 is 10.6 Å². The van der Waals surface area contributed by atoms with Crippen molar-refractivity contribution in [1.82, 2.24) is 20.8 Å². The van der Waals surface area contributed by atoms with E-state index in [0.717, 1.165) is 24.3 Å². The molecule has 0 saturated heterocycles. The molecule has 2 aromatic rings. The molecule has 5 nitrogen and oxygen atoms in total. The number of benzene rings is 1. The van der Waals surface area contributed by atoms with Crippen molar-refractivity contribution in [2.45, 2.75) is 26.1 Å². The Labute approximate surface area is 111 Å². The van der Waals surface area contributed by atoms with E-state index in [9.17, 15) is 4.79 Å². The maximum Gasteiger partial charge on any atom is 0.226 e. The van der Waals surface area contributed by atoms with Gasteiger partial charge in [-0.1, -0.05) is 18.2 Å². The van der Waals surface area contributed by atoms with Crippen molar-refractivity contribution in [3.63, 3.8) is 0 Å². The van der Waals surface area contributed by atoms with Gasteiger partial charge in [-0.05, 0) is 22.8 Å². The van der Waals surface area contributed by atoms with Crippen molar-refractivity contribution in [2.24, 2.45) is 0 Å². The monoisotopic (exact) mass is 256 g/mol. The van der Waals surface area contributed by atoms with Gasteiger partial charge in [0, 0.05) is 31.5 Å². The maximum atomic E-state index is 11.7. The lowest BCUT2D eigenvalue weighted by Gasteiger charge is -2.06. The summed E-state index contributed by atoms with van der Waals surface area (Å²) in [6.07, 6.45) is 1.99. The summed E-state index contributed by atoms with van der Waals surface area (Å²) in [6.45, 7) is 2.44. The highest BCUT2D eigenvalue weighted by atomic mass is 16.1. The molecular weight excluding hydrogens is 240 g/mol. The van der Waals surface area contributed by atoms with Crippen molar-refractivity contribution < 1.29 is 4.79 Å². The Morgan fingerprint density at radius 3 is 3.00 bits per heavy atom. The van der Waals surface area contributed by atoms with Crippen molar-refractivity contribution >= 4 is 5.91 Å². The third-order valence-electron chi connectivity index (χ3n) is 3.30. The van der Waals surface area contributed by atoms with E-state index in [4.69, 9.17) is 0 Å². The number of nitrogens with zero attached hydrogens (tertiary/aromatic N) is 1. The summed E-state index contributed by atoms with van der Waals surface area (Å²) in [5.41, 5.74) is 4.66. The fourth-order valence-corrected chi connectivity index (χ4v) is 2.28. The van der Waals surface area contributed by atoms with Gasteiger partial charge in [-0.3, -0.25) is 9.89 Å². The molecule has 5 heteroatoms. The van der Waals surface area contributed by atoms with Gasteiger partial charge in [0.25, 0.3) is 0 Å². The number of hydrogen-bond donors (Lipinski definition) is 3. The van der Waals surface area contributed by atoms with Crippen molar-refractivity contribution in [1.29, 1.82) is 0 Å². The predicted molar refractivity (Wildman–Crippen MR) is 71.1 cm³/mol. The van der Waals surface area contributed by atoms with E-state index >= 15 is 0 Å². The highest BCUT2D eigenvalue weighted by Gasteiger charge is 2.10. The molecule has 1 amide bonds. The van der Waals surface area contributed by atoms with E-state index in [-0.39, 0.29) is 5.91 Å². The fourth-order valence-electron chi connectivity index (χ4n) is 2.28. The van der Waals surface area contributed by atoms with Crippen molar-refractivity contribution in [2.75, 3.05) is 0 Å². The second-order valence-electron chi connectivity index (χ2n) is 4.74. The molecule has 0 aliphatic carbocycles. The molecule has 2 heterocycles. The van der Waals surface area contributed by atoms with Crippen LogP contribution in [0.4, 0.5) is 0 Å². The summed E-state index contributed by atoms with van der Waals surface area (Å²) in [5, 5.41) is 12.8. The Morgan fingerprint density at radius 1 is 1.26 bits per heavy atom. The second-order valence-corrected chi connectivity index (χ2v) is 4.74. The number of nitrogens with one attached hydrogen (secondary N) is 3. The fraction of sp³-hybridized carbons (Fsp3) is 0.286. The number of amides is 1. The number of hydrogen-bond acceptors (Lipinski definition) is 3. The van der Waals surface area contributed by atoms with Gasteiger partial charge in [0.1, 0.15) is 0 Å². The SMILES string of the molecule is O=C(Cc1ccn[nH]1)NCc1ccc2c(c1)CNC2. The molecular formula is C14H16N4O. The first kappa shape index (κ1) is 11.9. The molecule has 3 N–H and O–H groups in total. The second kappa shape index (κ2) is 5.24. The van der Waals surface area contributed by atoms with Gasteiger partial charge in [0.05, 0.1) is 6.42 Å². The number of fused-ring (bicyclic) bond motifs is 1. The van der Waals surface area contributed by atoms with Crippen LogP contribution < -0.4 is 10.6 Å². The van der Waals surface area contributed by atoms with Crippen LogP contribution in [0.5, 0.6) is 0 Å². The smallest absolute Gasteiger partial charge is 0.226 e. The Morgan fingerprint density at radius 2 is 2.16 bits per heavy atom. The zero-order valence-corrected chi connectivity index (χ0v) is 10.6. The first-order valence-electron chi connectivity index (χ1n) is 6.37. The molecule has 1 aromatic carbocycles. The normalized spacial score (nSPS) is 13.3. The Kier molecular flexibility index (Phi) is 3.29. The Balaban J connectivity index is 1.56. The zero-order chi connectivity index (χ0) is 13.1. The molecule has 98 valence electrons. The zero-order valence-electron chi connectivity index (χ0n) is 10.6. The molecule has 0 unspecified atom stereocenters. The molecule has 3 rings (SSSR count). The molecule has 1 aliphatic heterocycles. The van der Waals surface area contributed by atoms with E-state index in [2.05, 4.69) is 39.0 Å². The lowest BCUT2D eigenvalue weighted by molar-refractivity contribution is -0.120. The van der Waals surface area contributed by atoms with Gasteiger partial charge in [-0.25, -0.2) is 0 Å². The molecule has 0 bridgehead atoms. The standard InChI is InChI=1S/C14H16N4O/c19-14(6-13-3-4-17-18-13)16-7-10-1-2-11-8-15-9-12(11)5-10/h1-5,15H,6-9H2,(H,16,19)(H,17,18). The first-order chi connectivity index (χ1) is 9.31. The highest BCUT2D eigenvalue weighted by Crippen LogP contribution is 2.16. The summed E-state index contributed by atoms with van der Waals surface area (Å²) in [6, 6.07) is 8.17. The summed E-state index contributed by atoms with van der Waals surface area (Å²) in [7, 11) is 0. The maximum absolute atomic E-state index is 11.7. The molecule has 19 heavy (non-hydrogen) atoms. The van der Waals surface area contributed by atoms with Crippen LogP contribution >= 0.6 is 0 Å². The van der Waals surface area contributed by atoms with Gasteiger partial charge in [-0.2, -0.15) is 5.10 Å². The molecule has 0 radical (unpaired) electrons. The van der Waals surface area contributed by atoms with E-state index in [1.54, 1.807) is 12.3 Å². The molecule has 0 fully saturated rings. The third kappa shape index (κ3) is 2.82. The van der Waals surface area contributed by atoms with Crippen LogP contribution in [0.15, 0.2) is 30.5 Å². The molecule has 0 saturated carbocycles. The van der Waals surface area contributed by atoms with Crippen molar-refractivity contribution in [3.8, 4) is 0 Å². The Bertz CT molecular complexity index is 577. The molecule has 1 aliphatic rings. The molecule has 1 aromatic heterocycles. The van der Waals surface area contributed by atoms with Crippen LogP contribution in [0.2, 0.25) is 0 Å². The van der Waals surface area contributed by atoms with Crippen LogP contribution in [0.3, 0.4) is 0 Å². The highest BCUT2D eigenvalue weighted by molar-refractivity contribution is 5.78. The van der Waals surface area contributed by atoms with Gasteiger partial charge in [0.15, 0.2) is 0 Å². The van der Waals surface area contributed by atoms with Crippen LogP contribution in [-0.4, -0.2) is 16.1 Å². The Hall–Kier alpha value is -2.14. The third-order valence-corrected chi connectivity index (χ3v) is 3.30. The topological polar surface area (TPSA) is 69.8 Å². The number of carbonyl (C=O) groups excluding carboxylic acids is 1. The minimum atomic E-state index is 0.00266. The number of rotatable bonds is 4. The lowest BCUT2D eigenvalue weighted by atomic mass is 10.1. The van der Waals surface area contributed by atoms with Crippen LogP contribution in [0.1, 0.15) is 22.4 Å². The summed E-state index contributed by atoms with van der Waals surface area (Å²) in [4.78, 5) is 11.7. The first-order valence-corrected chi connectivity index (χ1v) is 6.37.